The van der Waals surface area contributed by atoms with Gasteiger partial charge in [-0.05, 0) is 0 Å². The van der Waals surface area contributed by atoms with E-state index in [2.05, 4.69) is 25.9 Å². The summed E-state index contributed by atoms with van der Waals surface area (Å²) in [4.78, 5) is 10.3. The maximum absolute atomic E-state index is 10.3. The van der Waals surface area contributed by atoms with Crippen molar-refractivity contribution in [3.05, 3.63) is 5.82 Å². The lowest BCUT2D eigenvalue weighted by atomic mass is 10.6. The Hall–Kier alpha value is -1.46. The molecule has 1 heterocycles. The molecule has 12 heavy (non-hydrogen) atoms. The lowest BCUT2D eigenvalue weighted by Crippen LogP contribution is -2.19. The zero-order valence-corrected chi connectivity index (χ0v) is 7.46. The number of hydrogen-bond donors (Lipinski definition) is 2. The summed E-state index contributed by atoms with van der Waals surface area (Å²) in [6.07, 6.45) is 0. The Labute approximate surface area is 70.7 Å². The maximum Gasteiger partial charge on any atom is 0.217 e. The molecule has 0 saturated heterocycles. The van der Waals surface area contributed by atoms with Gasteiger partial charge in [0.1, 0.15) is 0 Å². The van der Waals surface area contributed by atoms with E-state index in [-0.39, 0.29) is 5.91 Å². The van der Waals surface area contributed by atoms with Gasteiger partial charge in [-0.25, -0.2) is 0 Å². The molecule has 1 aromatic rings. The molecule has 1 aromatic heterocycles. The maximum atomic E-state index is 10.3. The first-order valence-corrected chi connectivity index (χ1v) is 3.76. The molecule has 0 unspecified atom stereocenters. The summed E-state index contributed by atoms with van der Waals surface area (Å²) in [6, 6.07) is 0. The van der Waals surface area contributed by atoms with Crippen molar-refractivity contribution < 1.29 is 4.79 Å². The molecular weight excluding hydrogens is 158 g/mol. The number of H-pyrrole nitrogens is 1. The summed E-state index contributed by atoms with van der Waals surface area (Å²) in [5.74, 6) is 0.375. The van der Waals surface area contributed by atoms with Crippen LogP contribution in [-0.2, 0) is 11.3 Å². The van der Waals surface area contributed by atoms with Gasteiger partial charge in [0.25, 0.3) is 0 Å². The van der Waals surface area contributed by atoms with Gasteiger partial charge < -0.3 is 5.32 Å². The Morgan fingerprint density at radius 3 is 2.67 bits per heavy atom. The van der Waals surface area contributed by atoms with Crippen molar-refractivity contribution >= 4 is 5.91 Å². The van der Waals surface area contributed by atoms with E-state index in [0.29, 0.717) is 12.4 Å². The molecule has 0 aliphatic carbocycles. The van der Waals surface area contributed by atoms with E-state index < -0.39 is 0 Å². The largest absolute Gasteiger partial charge is 0.349 e. The number of hydrogen-bond acceptors (Lipinski definition) is 4. The number of carbonyl (C=O) groups excluding carboxylic acids is 1. The van der Waals surface area contributed by atoms with E-state index in [1.54, 1.807) is 0 Å². The Kier molecular flexibility index (Phi) is 5.50. The third-order valence-corrected chi connectivity index (χ3v) is 0.885. The molecule has 0 aliphatic heterocycles. The second kappa shape index (κ2) is 6.26. The van der Waals surface area contributed by atoms with Gasteiger partial charge in [-0.1, -0.05) is 19.1 Å². The van der Waals surface area contributed by atoms with Crippen LogP contribution in [0, 0.1) is 0 Å². The van der Waals surface area contributed by atoms with E-state index in [1.165, 1.54) is 6.92 Å². The molecule has 6 nitrogen and oxygen atoms in total. The van der Waals surface area contributed by atoms with E-state index >= 15 is 0 Å². The van der Waals surface area contributed by atoms with Crippen molar-refractivity contribution in [1.82, 2.24) is 25.9 Å². The number of nitrogens with one attached hydrogen (secondary N) is 2. The topological polar surface area (TPSA) is 83.6 Å². The molecule has 2 N–H and O–H groups in total. The van der Waals surface area contributed by atoms with Gasteiger partial charge in [0.15, 0.2) is 5.82 Å². The predicted molar refractivity (Wildman–Crippen MR) is 43.0 cm³/mol. The van der Waals surface area contributed by atoms with Gasteiger partial charge in [-0.15, -0.1) is 10.2 Å². The van der Waals surface area contributed by atoms with Crippen molar-refractivity contribution in [2.75, 3.05) is 0 Å². The smallest absolute Gasteiger partial charge is 0.217 e. The monoisotopic (exact) mass is 171 g/mol. The first-order valence-electron chi connectivity index (χ1n) is 3.76. The standard InChI is InChI=1S/C4H7N5O.C2H6/c1-3(10)5-2-4-6-8-9-7-4;1-2/h2H2,1H3,(H,5,10)(H,6,7,8,9);1-2H3. The molecule has 1 rings (SSSR count). The zero-order chi connectivity index (χ0) is 9.40. The molecular formula is C6H13N5O. The highest BCUT2D eigenvalue weighted by Gasteiger charge is 1.96. The molecule has 6 heteroatoms. The summed E-state index contributed by atoms with van der Waals surface area (Å²) in [7, 11) is 0. The lowest BCUT2D eigenvalue weighted by molar-refractivity contribution is -0.119. The molecule has 0 bridgehead atoms. The zero-order valence-electron chi connectivity index (χ0n) is 7.46. The van der Waals surface area contributed by atoms with Crippen LogP contribution in [0.25, 0.3) is 0 Å². The Morgan fingerprint density at radius 1 is 1.58 bits per heavy atom. The van der Waals surface area contributed by atoms with Crippen LogP contribution in [0.3, 0.4) is 0 Å². The summed E-state index contributed by atoms with van der Waals surface area (Å²) >= 11 is 0. The fraction of sp³-hybridized carbons (Fsp3) is 0.667. The summed E-state index contributed by atoms with van der Waals surface area (Å²) < 4.78 is 0. The minimum Gasteiger partial charge on any atom is -0.349 e. The second-order valence-electron chi connectivity index (χ2n) is 1.74. The molecule has 0 radical (unpaired) electrons. The fourth-order valence-electron chi connectivity index (χ4n) is 0.461. The number of carbonyl (C=O) groups is 1. The van der Waals surface area contributed by atoms with Crippen LogP contribution in [0.15, 0.2) is 0 Å². The van der Waals surface area contributed by atoms with Crippen molar-refractivity contribution in [2.45, 2.75) is 27.3 Å². The van der Waals surface area contributed by atoms with Crippen LogP contribution in [0.5, 0.6) is 0 Å². The van der Waals surface area contributed by atoms with Crippen molar-refractivity contribution in [3.63, 3.8) is 0 Å². The summed E-state index contributed by atoms with van der Waals surface area (Å²) in [5.41, 5.74) is 0. The number of nitrogens with zero attached hydrogens (tertiary/aromatic N) is 3. The van der Waals surface area contributed by atoms with E-state index in [9.17, 15) is 4.79 Å². The average molecular weight is 171 g/mol. The van der Waals surface area contributed by atoms with E-state index in [1.807, 2.05) is 13.8 Å². The Balaban J connectivity index is 0.000000561. The Bertz CT molecular complexity index is 208. The molecule has 0 aromatic carbocycles. The third kappa shape index (κ3) is 4.37. The number of tetrazole rings is 1. The van der Waals surface area contributed by atoms with Crippen LogP contribution in [0.2, 0.25) is 0 Å². The van der Waals surface area contributed by atoms with Crippen LogP contribution < -0.4 is 5.32 Å². The van der Waals surface area contributed by atoms with Crippen LogP contribution in [0.4, 0.5) is 0 Å². The van der Waals surface area contributed by atoms with Gasteiger partial charge in [-0.3, -0.25) is 4.79 Å². The average Bonchev–Trinajstić information content (AvgIpc) is 2.56. The highest BCUT2D eigenvalue weighted by Crippen LogP contribution is 1.79. The van der Waals surface area contributed by atoms with E-state index in [4.69, 9.17) is 0 Å². The van der Waals surface area contributed by atoms with Gasteiger partial charge >= 0.3 is 0 Å². The molecule has 1 amide bonds. The molecule has 0 fully saturated rings. The number of aromatic amines is 1. The first-order chi connectivity index (χ1) is 5.79. The van der Waals surface area contributed by atoms with Crippen LogP contribution >= 0.6 is 0 Å². The minimum absolute atomic E-state index is 0.107. The highest BCUT2D eigenvalue weighted by atomic mass is 16.1. The van der Waals surface area contributed by atoms with Gasteiger partial charge in [0.2, 0.25) is 5.91 Å². The normalized spacial score (nSPS) is 8.25. The number of aromatic nitrogens is 4. The molecule has 0 atom stereocenters. The molecule has 0 aliphatic rings. The minimum atomic E-state index is -0.107. The molecule has 0 spiro atoms. The first kappa shape index (κ1) is 10.5. The second-order valence-corrected chi connectivity index (χ2v) is 1.74. The van der Waals surface area contributed by atoms with Gasteiger partial charge in [0.05, 0.1) is 6.54 Å². The number of amides is 1. The quantitative estimate of drug-likeness (QED) is 0.648. The summed E-state index contributed by atoms with van der Waals surface area (Å²) in [5, 5.41) is 15.4. The van der Waals surface area contributed by atoms with Crippen molar-refractivity contribution in [1.29, 1.82) is 0 Å². The van der Waals surface area contributed by atoms with Crippen LogP contribution in [-0.4, -0.2) is 26.5 Å². The molecule has 68 valence electrons. The fourth-order valence-corrected chi connectivity index (χ4v) is 0.461. The van der Waals surface area contributed by atoms with Crippen molar-refractivity contribution in [2.24, 2.45) is 0 Å². The lowest BCUT2D eigenvalue weighted by Gasteiger charge is -1.93. The van der Waals surface area contributed by atoms with Gasteiger partial charge in [-0.2, -0.15) is 5.21 Å². The third-order valence-electron chi connectivity index (χ3n) is 0.885. The van der Waals surface area contributed by atoms with E-state index in [0.717, 1.165) is 0 Å². The Morgan fingerprint density at radius 2 is 2.25 bits per heavy atom. The highest BCUT2D eigenvalue weighted by molar-refractivity contribution is 5.72. The van der Waals surface area contributed by atoms with Crippen LogP contribution in [0.1, 0.15) is 26.6 Å². The number of rotatable bonds is 2. The predicted octanol–water partition coefficient (Wildman–Crippen LogP) is -0.138. The summed E-state index contributed by atoms with van der Waals surface area (Å²) in [6.45, 7) is 5.76. The van der Waals surface area contributed by atoms with Crippen molar-refractivity contribution in [3.8, 4) is 0 Å². The van der Waals surface area contributed by atoms with Gasteiger partial charge in [0, 0.05) is 6.92 Å². The molecule has 0 saturated carbocycles. The SMILES string of the molecule is CC.CC(=O)NCc1nn[nH]n1.